The molecule has 0 radical (unpaired) electrons. The number of unbranched alkanes of at least 4 members (excludes halogenated alkanes) is 6. The molecule has 0 aliphatic heterocycles. The summed E-state index contributed by atoms with van der Waals surface area (Å²) >= 11 is 0. The molecule has 21 heavy (non-hydrogen) atoms. The smallest absolute Gasteiger partial charge is 0.0412 e. The molecular weight excluding hydrogens is 252 g/mol. The Bertz CT molecular complexity index is 184. The second-order valence-corrected chi connectivity index (χ2v) is 7.24. The lowest BCUT2D eigenvalue weighted by Crippen LogP contribution is -2.10. The van der Waals surface area contributed by atoms with Crippen molar-refractivity contribution >= 4 is 0 Å². The average Bonchev–Trinajstić information content (AvgIpc) is 2.49. The van der Waals surface area contributed by atoms with Gasteiger partial charge < -0.3 is 0 Å². The van der Waals surface area contributed by atoms with Gasteiger partial charge in [0, 0.05) is 0 Å². The minimum Gasteiger partial charge on any atom is -0.0654 e. The molecule has 0 aromatic rings. The van der Waals surface area contributed by atoms with E-state index >= 15 is 0 Å². The van der Waals surface area contributed by atoms with Gasteiger partial charge in [0.1, 0.15) is 0 Å². The van der Waals surface area contributed by atoms with E-state index in [1.54, 1.807) is 0 Å². The number of hydrogen-bond acceptors (Lipinski definition) is 0. The summed E-state index contributed by atoms with van der Waals surface area (Å²) in [6, 6.07) is 0. The second kappa shape index (κ2) is 16.4. The van der Waals surface area contributed by atoms with Crippen molar-refractivity contribution < 1.29 is 0 Å². The summed E-state index contributed by atoms with van der Waals surface area (Å²) in [5.41, 5.74) is 0. The monoisotopic (exact) mass is 296 g/mol. The first-order valence-electron chi connectivity index (χ1n) is 10.3. The highest BCUT2D eigenvalue weighted by molar-refractivity contribution is 4.68. The van der Waals surface area contributed by atoms with Gasteiger partial charge in [-0.1, -0.05) is 118 Å². The van der Waals surface area contributed by atoms with Crippen LogP contribution < -0.4 is 0 Å². The predicted molar refractivity (Wildman–Crippen MR) is 98.9 cm³/mol. The van der Waals surface area contributed by atoms with Crippen molar-refractivity contribution in [3.63, 3.8) is 0 Å². The maximum atomic E-state index is 2.37. The summed E-state index contributed by atoms with van der Waals surface area (Å²) in [6.07, 6.45) is 21.8. The van der Waals surface area contributed by atoms with Crippen LogP contribution in [0.4, 0.5) is 0 Å². The Labute approximate surface area is 136 Å². The molecule has 0 saturated heterocycles. The first kappa shape index (κ1) is 21.0. The molecule has 0 fully saturated rings. The summed E-state index contributed by atoms with van der Waals surface area (Å²) in [6.45, 7) is 9.36. The highest BCUT2D eigenvalue weighted by Crippen LogP contribution is 2.29. The Morgan fingerprint density at radius 1 is 0.429 bits per heavy atom. The molecule has 0 bridgehead atoms. The Hall–Kier alpha value is 0. The molecule has 2 unspecified atom stereocenters. The quantitative estimate of drug-likeness (QED) is 0.252. The van der Waals surface area contributed by atoms with Crippen LogP contribution in [0, 0.1) is 11.8 Å². The predicted octanol–water partition coefficient (Wildman–Crippen LogP) is 8.15. The van der Waals surface area contributed by atoms with Gasteiger partial charge in [-0.15, -0.1) is 0 Å². The van der Waals surface area contributed by atoms with Crippen LogP contribution in [0.15, 0.2) is 0 Å². The molecule has 0 saturated carbocycles. The molecule has 0 heterocycles. The van der Waals surface area contributed by atoms with Gasteiger partial charge in [0.15, 0.2) is 0 Å². The van der Waals surface area contributed by atoms with Crippen LogP contribution in [0.3, 0.4) is 0 Å². The molecule has 0 rings (SSSR count). The Morgan fingerprint density at radius 3 is 1.48 bits per heavy atom. The molecule has 0 nitrogen and oxygen atoms in total. The van der Waals surface area contributed by atoms with Gasteiger partial charge in [-0.05, 0) is 18.3 Å². The van der Waals surface area contributed by atoms with Gasteiger partial charge in [-0.2, -0.15) is 0 Å². The van der Waals surface area contributed by atoms with E-state index in [4.69, 9.17) is 0 Å². The van der Waals surface area contributed by atoms with Crippen LogP contribution in [-0.2, 0) is 0 Å². The van der Waals surface area contributed by atoms with E-state index in [1.165, 1.54) is 96.3 Å². The highest BCUT2D eigenvalue weighted by atomic mass is 14.2. The van der Waals surface area contributed by atoms with Gasteiger partial charge in [0.2, 0.25) is 0 Å². The van der Waals surface area contributed by atoms with E-state index in [2.05, 4.69) is 27.7 Å². The first-order valence-corrected chi connectivity index (χ1v) is 10.3. The topological polar surface area (TPSA) is 0 Å². The largest absolute Gasteiger partial charge is 0.0654 e. The SMILES string of the molecule is CCCCCCC(CCC)CC(CCCC)CCCCC. The molecule has 0 aromatic carbocycles. The zero-order valence-electron chi connectivity index (χ0n) is 15.8. The Balaban J connectivity index is 4.13. The maximum absolute atomic E-state index is 2.37. The van der Waals surface area contributed by atoms with Gasteiger partial charge in [0.05, 0.1) is 0 Å². The molecule has 0 N–H and O–H groups in total. The van der Waals surface area contributed by atoms with Crippen molar-refractivity contribution in [3.05, 3.63) is 0 Å². The molecule has 0 aliphatic carbocycles. The van der Waals surface area contributed by atoms with E-state index < -0.39 is 0 Å². The van der Waals surface area contributed by atoms with Gasteiger partial charge in [-0.3, -0.25) is 0 Å². The van der Waals surface area contributed by atoms with Crippen molar-refractivity contribution in [2.24, 2.45) is 11.8 Å². The van der Waals surface area contributed by atoms with Crippen molar-refractivity contribution in [2.75, 3.05) is 0 Å². The Kier molecular flexibility index (Phi) is 16.4. The molecule has 0 aromatic heterocycles. The fourth-order valence-corrected chi connectivity index (χ4v) is 3.68. The molecule has 0 aliphatic rings. The number of hydrogen-bond donors (Lipinski definition) is 0. The molecular formula is C21H44. The minimum atomic E-state index is 1.02. The summed E-state index contributed by atoms with van der Waals surface area (Å²) in [5.74, 6) is 2.05. The van der Waals surface area contributed by atoms with Crippen molar-refractivity contribution in [2.45, 2.75) is 124 Å². The normalized spacial score (nSPS) is 14.3. The summed E-state index contributed by atoms with van der Waals surface area (Å²) in [7, 11) is 0. The average molecular weight is 297 g/mol. The zero-order chi connectivity index (χ0) is 15.8. The lowest BCUT2D eigenvalue weighted by molar-refractivity contribution is 0.289. The molecule has 128 valence electrons. The molecule has 0 spiro atoms. The van der Waals surface area contributed by atoms with E-state index in [1.807, 2.05) is 0 Å². The highest BCUT2D eigenvalue weighted by Gasteiger charge is 2.15. The summed E-state index contributed by atoms with van der Waals surface area (Å²) in [5, 5.41) is 0. The van der Waals surface area contributed by atoms with Crippen molar-refractivity contribution in [1.82, 2.24) is 0 Å². The van der Waals surface area contributed by atoms with E-state index in [0.29, 0.717) is 0 Å². The van der Waals surface area contributed by atoms with Crippen LogP contribution in [-0.4, -0.2) is 0 Å². The lowest BCUT2D eigenvalue weighted by atomic mass is 9.82. The minimum absolute atomic E-state index is 1.02. The summed E-state index contributed by atoms with van der Waals surface area (Å²) in [4.78, 5) is 0. The van der Waals surface area contributed by atoms with Gasteiger partial charge >= 0.3 is 0 Å². The summed E-state index contributed by atoms with van der Waals surface area (Å²) < 4.78 is 0. The zero-order valence-corrected chi connectivity index (χ0v) is 15.8. The van der Waals surface area contributed by atoms with Crippen LogP contribution in [0.1, 0.15) is 124 Å². The molecule has 2 atom stereocenters. The first-order chi connectivity index (χ1) is 10.3. The molecule has 0 amide bonds. The van der Waals surface area contributed by atoms with Gasteiger partial charge in [-0.25, -0.2) is 0 Å². The van der Waals surface area contributed by atoms with E-state index in [9.17, 15) is 0 Å². The van der Waals surface area contributed by atoms with Crippen LogP contribution in [0.2, 0.25) is 0 Å². The lowest BCUT2D eigenvalue weighted by Gasteiger charge is -2.23. The maximum Gasteiger partial charge on any atom is -0.0412 e. The van der Waals surface area contributed by atoms with E-state index in [0.717, 1.165) is 11.8 Å². The van der Waals surface area contributed by atoms with Crippen LogP contribution >= 0.6 is 0 Å². The fourth-order valence-electron chi connectivity index (χ4n) is 3.68. The third kappa shape index (κ3) is 13.4. The molecule has 0 heteroatoms. The van der Waals surface area contributed by atoms with Gasteiger partial charge in [0.25, 0.3) is 0 Å². The second-order valence-electron chi connectivity index (χ2n) is 7.24. The van der Waals surface area contributed by atoms with E-state index in [-0.39, 0.29) is 0 Å². The van der Waals surface area contributed by atoms with Crippen LogP contribution in [0.25, 0.3) is 0 Å². The van der Waals surface area contributed by atoms with Crippen molar-refractivity contribution in [1.29, 1.82) is 0 Å². The Morgan fingerprint density at radius 2 is 0.905 bits per heavy atom. The third-order valence-electron chi connectivity index (χ3n) is 5.01. The standard InChI is InChI=1S/C21H44/c1-5-9-12-14-18-20(15-8-4)19-21(16-11-7-3)17-13-10-6-2/h20-21H,5-19H2,1-4H3. The van der Waals surface area contributed by atoms with Crippen LogP contribution in [0.5, 0.6) is 0 Å². The number of rotatable bonds is 16. The van der Waals surface area contributed by atoms with Crippen molar-refractivity contribution in [3.8, 4) is 0 Å². The fraction of sp³-hybridized carbons (Fsp3) is 1.00. The third-order valence-corrected chi connectivity index (χ3v) is 5.01.